The Labute approximate surface area is 124 Å². The van der Waals surface area contributed by atoms with E-state index in [2.05, 4.69) is 33.0 Å². The fourth-order valence-electron chi connectivity index (χ4n) is 2.77. The smallest absolute Gasteiger partial charge is 0.0897 e. The van der Waals surface area contributed by atoms with Crippen LogP contribution in [-0.2, 0) is 9.47 Å². The van der Waals surface area contributed by atoms with Gasteiger partial charge in [0.15, 0.2) is 0 Å². The van der Waals surface area contributed by atoms with Gasteiger partial charge in [-0.3, -0.25) is 0 Å². The summed E-state index contributed by atoms with van der Waals surface area (Å²) in [7, 11) is 0. The lowest BCUT2D eigenvalue weighted by Gasteiger charge is -2.29. The van der Waals surface area contributed by atoms with Crippen molar-refractivity contribution in [2.75, 3.05) is 26.4 Å². The first-order valence-corrected chi connectivity index (χ1v) is 8.09. The van der Waals surface area contributed by atoms with Crippen LogP contribution in [0.4, 0.5) is 0 Å². The molecular formula is C16H33NO3. The maximum absolute atomic E-state index is 9.97. The van der Waals surface area contributed by atoms with Crippen LogP contribution >= 0.6 is 0 Å². The normalized spacial score (nSPS) is 21.9. The van der Waals surface area contributed by atoms with Gasteiger partial charge in [-0.15, -0.1) is 0 Å². The minimum atomic E-state index is -0.424. The van der Waals surface area contributed by atoms with E-state index in [9.17, 15) is 5.11 Å². The van der Waals surface area contributed by atoms with Crippen molar-refractivity contribution < 1.29 is 14.6 Å². The lowest BCUT2D eigenvalue weighted by molar-refractivity contribution is -0.0108. The molecule has 0 aromatic carbocycles. The van der Waals surface area contributed by atoms with Gasteiger partial charge in [0.05, 0.1) is 18.8 Å². The van der Waals surface area contributed by atoms with Crippen molar-refractivity contribution in [2.24, 2.45) is 11.8 Å². The molecule has 1 aliphatic rings. The minimum Gasteiger partial charge on any atom is -0.389 e. The zero-order chi connectivity index (χ0) is 15.0. The van der Waals surface area contributed by atoms with Crippen LogP contribution in [0.25, 0.3) is 0 Å². The first-order valence-electron chi connectivity index (χ1n) is 8.09. The summed E-state index contributed by atoms with van der Waals surface area (Å²) in [5.74, 6) is 1.30. The zero-order valence-corrected chi connectivity index (χ0v) is 13.6. The van der Waals surface area contributed by atoms with Crippen molar-refractivity contribution >= 4 is 0 Å². The minimum absolute atomic E-state index is 0.220. The SMILES string of the molecule is CC(C)CC(C)OCC(O)CNC(C)C1CCOCC1. The Bertz CT molecular complexity index is 242. The standard InChI is InChI=1S/C16H33NO3/c1-12(2)9-13(3)20-11-16(18)10-17-14(4)15-5-7-19-8-6-15/h12-18H,5-11H2,1-4H3. The van der Waals surface area contributed by atoms with Gasteiger partial charge in [0.2, 0.25) is 0 Å². The lowest BCUT2D eigenvalue weighted by Crippen LogP contribution is -2.41. The molecule has 4 nitrogen and oxygen atoms in total. The van der Waals surface area contributed by atoms with Crippen LogP contribution in [0.2, 0.25) is 0 Å². The van der Waals surface area contributed by atoms with E-state index in [1.165, 1.54) is 0 Å². The third-order valence-corrected chi connectivity index (χ3v) is 4.02. The molecule has 4 heteroatoms. The number of nitrogens with one attached hydrogen (secondary N) is 1. The second-order valence-electron chi connectivity index (χ2n) is 6.57. The van der Waals surface area contributed by atoms with E-state index in [1.54, 1.807) is 0 Å². The van der Waals surface area contributed by atoms with Crippen molar-refractivity contribution in [3.05, 3.63) is 0 Å². The number of hydrogen-bond donors (Lipinski definition) is 2. The van der Waals surface area contributed by atoms with Gasteiger partial charge in [0.25, 0.3) is 0 Å². The Balaban J connectivity index is 2.10. The highest BCUT2D eigenvalue weighted by Gasteiger charge is 2.20. The fourth-order valence-corrected chi connectivity index (χ4v) is 2.77. The van der Waals surface area contributed by atoms with Crippen molar-refractivity contribution in [3.63, 3.8) is 0 Å². The molecule has 1 fully saturated rings. The van der Waals surface area contributed by atoms with Crippen LogP contribution in [0.3, 0.4) is 0 Å². The van der Waals surface area contributed by atoms with Crippen molar-refractivity contribution in [1.29, 1.82) is 0 Å². The molecule has 0 bridgehead atoms. The highest BCUT2D eigenvalue weighted by molar-refractivity contribution is 4.76. The van der Waals surface area contributed by atoms with Gasteiger partial charge >= 0.3 is 0 Å². The molecule has 1 saturated heterocycles. The van der Waals surface area contributed by atoms with Gasteiger partial charge in [0.1, 0.15) is 0 Å². The molecule has 2 N–H and O–H groups in total. The van der Waals surface area contributed by atoms with Gasteiger partial charge in [0, 0.05) is 25.8 Å². The second kappa shape index (κ2) is 9.72. The maximum Gasteiger partial charge on any atom is 0.0897 e. The summed E-state index contributed by atoms with van der Waals surface area (Å²) in [6.07, 6.45) is 3.07. The van der Waals surface area contributed by atoms with Crippen LogP contribution in [0.15, 0.2) is 0 Å². The molecule has 20 heavy (non-hydrogen) atoms. The molecule has 1 aliphatic heterocycles. The highest BCUT2D eigenvalue weighted by Crippen LogP contribution is 2.18. The summed E-state index contributed by atoms with van der Waals surface area (Å²) in [6, 6.07) is 0.432. The summed E-state index contributed by atoms with van der Waals surface area (Å²) >= 11 is 0. The van der Waals surface area contributed by atoms with Crippen LogP contribution < -0.4 is 5.32 Å². The Morgan fingerprint density at radius 3 is 2.45 bits per heavy atom. The largest absolute Gasteiger partial charge is 0.389 e. The summed E-state index contributed by atoms with van der Waals surface area (Å²) in [4.78, 5) is 0. The Morgan fingerprint density at radius 2 is 1.85 bits per heavy atom. The zero-order valence-electron chi connectivity index (χ0n) is 13.6. The van der Waals surface area contributed by atoms with Crippen LogP contribution in [0.1, 0.15) is 47.0 Å². The molecule has 3 unspecified atom stereocenters. The van der Waals surface area contributed by atoms with Gasteiger partial charge in [-0.1, -0.05) is 13.8 Å². The van der Waals surface area contributed by atoms with Gasteiger partial charge in [-0.25, -0.2) is 0 Å². The number of rotatable bonds is 9. The summed E-state index contributed by atoms with van der Waals surface area (Å²) < 4.78 is 11.1. The average molecular weight is 287 g/mol. The van der Waals surface area contributed by atoms with Crippen LogP contribution in [-0.4, -0.2) is 49.7 Å². The molecule has 1 heterocycles. The highest BCUT2D eigenvalue weighted by atomic mass is 16.5. The first-order chi connectivity index (χ1) is 9.49. The average Bonchev–Trinajstić information content (AvgIpc) is 2.42. The molecular weight excluding hydrogens is 254 g/mol. The van der Waals surface area contributed by atoms with Gasteiger partial charge in [-0.05, 0) is 44.9 Å². The van der Waals surface area contributed by atoms with E-state index in [0.29, 0.717) is 31.0 Å². The molecule has 3 atom stereocenters. The molecule has 0 radical (unpaired) electrons. The molecule has 0 aromatic rings. The Hall–Kier alpha value is -0.160. The van der Waals surface area contributed by atoms with Crippen LogP contribution in [0, 0.1) is 11.8 Å². The molecule has 1 rings (SSSR count). The predicted molar refractivity (Wildman–Crippen MR) is 81.9 cm³/mol. The van der Waals surface area contributed by atoms with E-state index in [0.717, 1.165) is 32.5 Å². The quantitative estimate of drug-likeness (QED) is 0.682. The van der Waals surface area contributed by atoms with Gasteiger partial charge in [-0.2, -0.15) is 0 Å². The van der Waals surface area contributed by atoms with E-state index in [1.807, 2.05) is 0 Å². The summed E-state index contributed by atoms with van der Waals surface area (Å²) in [5, 5.41) is 13.4. The molecule has 0 saturated carbocycles. The van der Waals surface area contributed by atoms with Crippen molar-refractivity contribution in [1.82, 2.24) is 5.32 Å². The molecule has 0 amide bonds. The predicted octanol–water partition coefficient (Wildman–Crippen LogP) is 2.20. The summed E-state index contributed by atoms with van der Waals surface area (Å²) in [6.45, 7) is 11.4. The molecule has 0 aromatic heterocycles. The topological polar surface area (TPSA) is 50.7 Å². The van der Waals surface area contributed by atoms with E-state index in [4.69, 9.17) is 9.47 Å². The monoisotopic (exact) mass is 287 g/mol. The molecule has 120 valence electrons. The molecule has 0 spiro atoms. The Morgan fingerprint density at radius 1 is 1.20 bits per heavy atom. The van der Waals surface area contributed by atoms with E-state index < -0.39 is 6.10 Å². The lowest BCUT2D eigenvalue weighted by atomic mass is 9.93. The third kappa shape index (κ3) is 7.58. The second-order valence-corrected chi connectivity index (χ2v) is 6.57. The number of hydrogen-bond acceptors (Lipinski definition) is 4. The van der Waals surface area contributed by atoms with Gasteiger partial charge < -0.3 is 19.9 Å². The Kier molecular flexibility index (Phi) is 8.69. The van der Waals surface area contributed by atoms with Crippen molar-refractivity contribution in [3.8, 4) is 0 Å². The number of aliphatic hydroxyl groups excluding tert-OH is 1. The van der Waals surface area contributed by atoms with E-state index >= 15 is 0 Å². The van der Waals surface area contributed by atoms with E-state index in [-0.39, 0.29) is 6.10 Å². The van der Waals surface area contributed by atoms with Crippen LogP contribution in [0.5, 0.6) is 0 Å². The van der Waals surface area contributed by atoms with Crippen molar-refractivity contribution in [2.45, 2.75) is 65.2 Å². The fraction of sp³-hybridized carbons (Fsp3) is 1.00. The number of ether oxygens (including phenoxy) is 2. The number of aliphatic hydroxyl groups is 1. The molecule has 0 aliphatic carbocycles. The first kappa shape index (κ1) is 17.9. The third-order valence-electron chi connectivity index (χ3n) is 4.02. The summed E-state index contributed by atoms with van der Waals surface area (Å²) in [5.41, 5.74) is 0. The maximum atomic E-state index is 9.97.